The molecule has 0 unspecified atom stereocenters. The maximum atomic E-state index is 12.3. The van der Waals surface area contributed by atoms with E-state index in [1.54, 1.807) is 12.1 Å². The van der Waals surface area contributed by atoms with Crippen molar-refractivity contribution >= 4 is 11.9 Å². The Labute approximate surface area is 137 Å². The van der Waals surface area contributed by atoms with E-state index in [0.29, 0.717) is 17.4 Å². The number of aromatic nitrogens is 2. The molecule has 1 aromatic heterocycles. The minimum absolute atomic E-state index is 0.0151. The smallest absolute Gasteiger partial charge is 0.322 e. The molecule has 0 bridgehead atoms. The van der Waals surface area contributed by atoms with E-state index in [4.69, 9.17) is 13.9 Å². The maximum Gasteiger partial charge on any atom is 0.322 e. The van der Waals surface area contributed by atoms with Gasteiger partial charge in [0.25, 0.3) is 5.91 Å². The fraction of sp³-hybridized carbons (Fsp3) is 0.118. The lowest BCUT2D eigenvalue weighted by molar-refractivity contribution is -0.125. The largest absolute Gasteiger partial charge is 0.485 e. The van der Waals surface area contributed by atoms with Crippen molar-refractivity contribution in [2.75, 3.05) is 11.9 Å². The summed E-state index contributed by atoms with van der Waals surface area (Å²) in [7, 11) is 0. The Morgan fingerprint density at radius 3 is 2.58 bits per heavy atom. The first-order chi connectivity index (χ1) is 11.8. The van der Waals surface area contributed by atoms with E-state index in [1.165, 1.54) is 0 Å². The molecule has 0 fully saturated rings. The van der Waals surface area contributed by atoms with Gasteiger partial charge in [-0.25, -0.2) is 0 Å². The highest BCUT2D eigenvalue weighted by atomic mass is 16.6. The third kappa shape index (κ3) is 2.79. The van der Waals surface area contributed by atoms with E-state index in [0.717, 1.165) is 5.56 Å². The Bertz CT molecular complexity index is 863. The molecule has 2 heterocycles. The Morgan fingerprint density at radius 2 is 1.75 bits per heavy atom. The van der Waals surface area contributed by atoms with Gasteiger partial charge in [-0.15, -0.1) is 5.10 Å². The molecule has 24 heavy (non-hydrogen) atoms. The normalized spacial score (nSPS) is 15.8. The molecule has 1 atom stereocenters. The number of hydrogen-bond donors (Lipinski definition) is 1. The molecule has 0 saturated heterocycles. The van der Waals surface area contributed by atoms with Crippen LogP contribution in [0.1, 0.15) is 0 Å². The van der Waals surface area contributed by atoms with Gasteiger partial charge in [-0.1, -0.05) is 35.4 Å². The summed E-state index contributed by atoms with van der Waals surface area (Å²) < 4.78 is 16.6. The Morgan fingerprint density at radius 1 is 1.00 bits per heavy atom. The first-order valence-electron chi connectivity index (χ1n) is 7.38. The number of benzene rings is 2. The molecular weight excluding hydrogens is 310 g/mol. The minimum atomic E-state index is -0.785. The first-order valence-corrected chi connectivity index (χ1v) is 7.38. The van der Waals surface area contributed by atoms with Crippen LogP contribution in [0.25, 0.3) is 11.5 Å². The minimum Gasteiger partial charge on any atom is -0.485 e. The number of hydrogen-bond acceptors (Lipinski definition) is 6. The van der Waals surface area contributed by atoms with Crippen molar-refractivity contribution in [1.82, 2.24) is 10.2 Å². The maximum absolute atomic E-state index is 12.3. The fourth-order valence-corrected chi connectivity index (χ4v) is 2.31. The predicted molar refractivity (Wildman–Crippen MR) is 84.7 cm³/mol. The Kier molecular flexibility index (Phi) is 3.59. The Hall–Kier alpha value is -3.35. The molecule has 1 aliphatic heterocycles. The monoisotopic (exact) mass is 323 g/mol. The zero-order valence-corrected chi connectivity index (χ0v) is 12.5. The summed E-state index contributed by atoms with van der Waals surface area (Å²) in [6.45, 7) is 0.114. The molecule has 7 heteroatoms. The summed E-state index contributed by atoms with van der Waals surface area (Å²) in [5.74, 6) is 1.06. The number of anilines is 1. The van der Waals surface area contributed by atoms with E-state index in [-0.39, 0.29) is 12.6 Å². The van der Waals surface area contributed by atoms with Crippen LogP contribution in [-0.4, -0.2) is 28.8 Å². The van der Waals surface area contributed by atoms with Gasteiger partial charge in [0.15, 0.2) is 11.5 Å². The molecular formula is C17H13N3O4. The molecule has 2 aromatic carbocycles. The van der Waals surface area contributed by atoms with Gasteiger partial charge in [0.05, 0.1) is 0 Å². The lowest BCUT2D eigenvalue weighted by Crippen LogP contribution is -2.40. The van der Waals surface area contributed by atoms with Crippen LogP contribution in [0.4, 0.5) is 6.01 Å². The second kappa shape index (κ2) is 6.04. The van der Waals surface area contributed by atoms with Crippen molar-refractivity contribution in [3.05, 3.63) is 54.6 Å². The SMILES string of the molecule is O=C(Nc1nnc(-c2ccccc2)o1)[C@H]1COc2ccccc2O1. The van der Waals surface area contributed by atoms with E-state index >= 15 is 0 Å². The van der Waals surface area contributed by atoms with E-state index in [1.807, 2.05) is 42.5 Å². The highest BCUT2D eigenvalue weighted by molar-refractivity contribution is 5.93. The van der Waals surface area contributed by atoms with Crippen LogP contribution in [0.15, 0.2) is 59.0 Å². The molecule has 0 radical (unpaired) electrons. The van der Waals surface area contributed by atoms with Crippen LogP contribution in [0.5, 0.6) is 11.5 Å². The molecule has 0 spiro atoms. The van der Waals surface area contributed by atoms with Gasteiger partial charge in [0, 0.05) is 5.56 Å². The molecule has 1 aliphatic rings. The van der Waals surface area contributed by atoms with Crippen molar-refractivity contribution in [3.63, 3.8) is 0 Å². The molecule has 1 amide bonds. The highest BCUT2D eigenvalue weighted by Crippen LogP contribution is 2.31. The number of carbonyl (C=O) groups is 1. The molecule has 0 saturated carbocycles. The standard InChI is InChI=1S/C17H13N3O4/c21-15(14-10-22-12-8-4-5-9-13(12)23-14)18-17-20-19-16(24-17)11-6-2-1-3-7-11/h1-9,14H,10H2,(H,18,20,21)/t14-/m1/s1. The van der Waals surface area contributed by atoms with Crippen LogP contribution in [0, 0.1) is 0 Å². The van der Waals surface area contributed by atoms with Crippen molar-refractivity contribution in [2.24, 2.45) is 0 Å². The summed E-state index contributed by atoms with van der Waals surface area (Å²) >= 11 is 0. The van der Waals surface area contributed by atoms with Crippen LogP contribution < -0.4 is 14.8 Å². The van der Waals surface area contributed by atoms with Gasteiger partial charge < -0.3 is 13.9 Å². The number of amides is 1. The van der Waals surface area contributed by atoms with Gasteiger partial charge in [0.2, 0.25) is 12.0 Å². The molecule has 4 rings (SSSR count). The van der Waals surface area contributed by atoms with Crippen LogP contribution in [0.2, 0.25) is 0 Å². The second-order valence-electron chi connectivity index (χ2n) is 5.13. The zero-order chi connectivity index (χ0) is 16.4. The first kappa shape index (κ1) is 14.3. The summed E-state index contributed by atoms with van der Waals surface area (Å²) in [4.78, 5) is 12.3. The average Bonchev–Trinajstić information content (AvgIpc) is 3.10. The number of nitrogens with one attached hydrogen (secondary N) is 1. The van der Waals surface area contributed by atoms with Gasteiger partial charge in [-0.2, -0.15) is 0 Å². The lowest BCUT2D eigenvalue weighted by Gasteiger charge is -2.24. The zero-order valence-electron chi connectivity index (χ0n) is 12.5. The van der Waals surface area contributed by atoms with Crippen molar-refractivity contribution < 1.29 is 18.7 Å². The van der Waals surface area contributed by atoms with Crippen molar-refractivity contribution in [1.29, 1.82) is 0 Å². The number of rotatable bonds is 3. The molecule has 3 aromatic rings. The third-order valence-corrected chi connectivity index (χ3v) is 3.48. The third-order valence-electron chi connectivity index (χ3n) is 3.48. The molecule has 0 aliphatic carbocycles. The van der Waals surface area contributed by atoms with Crippen LogP contribution >= 0.6 is 0 Å². The molecule has 120 valence electrons. The van der Waals surface area contributed by atoms with Crippen molar-refractivity contribution in [2.45, 2.75) is 6.10 Å². The number of carbonyl (C=O) groups excluding carboxylic acids is 1. The number of ether oxygens (including phenoxy) is 2. The van der Waals surface area contributed by atoms with Crippen LogP contribution in [0.3, 0.4) is 0 Å². The number of fused-ring (bicyclic) bond motifs is 1. The second-order valence-corrected chi connectivity index (χ2v) is 5.13. The van der Waals surface area contributed by atoms with E-state index in [2.05, 4.69) is 15.5 Å². The van der Waals surface area contributed by atoms with Gasteiger partial charge >= 0.3 is 6.01 Å². The summed E-state index contributed by atoms with van der Waals surface area (Å²) in [6, 6.07) is 16.5. The highest BCUT2D eigenvalue weighted by Gasteiger charge is 2.28. The summed E-state index contributed by atoms with van der Waals surface area (Å²) in [5.41, 5.74) is 0.775. The number of nitrogens with zero attached hydrogens (tertiary/aromatic N) is 2. The quantitative estimate of drug-likeness (QED) is 0.797. The van der Waals surface area contributed by atoms with Gasteiger partial charge in [-0.05, 0) is 24.3 Å². The van der Waals surface area contributed by atoms with Crippen molar-refractivity contribution in [3.8, 4) is 23.0 Å². The predicted octanol–water partition coefficient (Wildman–Crippen LogP) is 2.52. The van der Waals surface area contributed by atoms with Gasteiger partial charge in [0.1, 0.15) is 6.61 Å². The lowest BCUT2D eigenvalue weighted by atomic mass is 10.2. The van der Waals surface area contributed by atoms with E-state index < -0.39 is 12.0 Å². The molecule has 7 nitrogen and oxygen atoms in total. The number of para-hydroxylation sites is 2. The summed E-state index contributed by atoms with van der Waals surface area (Å²) in [5, 5.41) is 10.3. The topological polar surface area (TPSA) is 86.5 Å². The summed E-state index contributed by atoms with van der Waals surface area (Å²) in [6.07, 6.45) is -0.785. The van der Waals surface area contributed by atoms with E-state index in [9.17, 15) is 4.79 Å². The van der Waals surface area contributed by atoms with Gasteiger partial charge in [-0.3, -0.25) is 10.1 Å². The molecule has 1 N–H and O–H groups in total. The fourth-order valence-electron chi connectivity index (χ4n) is 2.31. The average molecular weight is 323 g/mol. The Balaban J connectivity index is 1.45. The van der Waals surface area contributed by atoms with Crippen LogP contribution in [-0.2, 0) is 4.79 Å².